The number of H-pyrrole nitrogens is 1. The van der Waals surface area contributed by atoms with Gasteiger partial charge in [-0.15, -0.1) is 0 Å². The molecule has 3 rings (SSSR count). The Balaban J connectivity index is 1.95. The highest BCUT2D eigenvalue weighted by molar-refractivity contribution is 6.08. The average Bonchev–Trinajstić information content (AvgIpc) is 3.01. The lowest BCUT2D eigenvalue weighted by Gasteiger charge is -1.99. The summed E-state index contributed by atoms with van der Waals surface area (Å²) in [6.45, 7) is 1.92. The highest BCUT2D eigenvalue weighted by Gasteiger charge is 2.10. The van der Waals surface area contributed by atoms with Crippen molar-refractivity contribution in [2.45, 2.75) is 6.92 Å². The standard InChI is InChI=1S/C16H15N3O/c1-11-13(18-10-17-11)7-8-16(20)15-9-12-5-3-4-6-14(12)19(15)2/h3-10H,1-2H3,(H,17,18). The molecule has 0 spiro atoms. The second kappa shape index (κ2) is 4.81. The summed E-state index contributed by atoms with van der Waals surface area (Å²) in [5, 5.41) is 1.07. The molecule has 0 aliphatic heterocycles. The number of rotatable bonds is 3. The first-order chi connectivity index (χ1) is 9.66. The molecule has 0 atom stereocenters. The second-order valence-electron chi connectivity index (χ2n) is 4.76. The number of aromatic nitrogens is 3. The summed E-state index contributed by atoms with van der Waals surface area (Å²) in [4.78, 5) is 19.4. The molecule has 0 fully saturated rings. The molecule has 2 aromatic heterocycles. The number of nitrogens with one attached hydrogen (secondary N) is 1. The molecule has 0 amide bonds. The number of allylic oxidation sites excluding steroid dienone is 1. The fourth-order valence-electron chi connectivity index (χ4n) is 2.30. The maximum Gasteiger partial charge on any atom is 0.202 e. The molecule has 0 aliphatic rings. The van der Waals surface area contributed by atoms with E-state index >= 15 is 0 Å². The van der Waals surface area contributed by atoms with Crippen molar-refractivity contribution in [1.29, 1.82) is 0 Å². The average molecular weight is 265 g/mol. The van der Waals surface area contributed by atoms with Gasteiger partial charge in [0, 0.05) is 23.6 Å². The summed E-state index contributed by atoms with van der Waals surface area (Å²) in [5.74, 6) is -0.0221. The Bertz CT molecular complexity index is 808. The molecule has 2 heterocycles. The van der Waals surface area contributed by atoms with Crippen LogP contribution in [0.15, 0.2) is 42.7 Å². The molecular formula is C16H15N3O. The molecule has 0 unspecified atom stereocenters. The molecule has 0 saturated carbocycles. The molecule has 1 N–H and O–H groups in total. The van der Waals surface area contributed by atoms with E-state index in [9.17, 15) is 4.79 Å². The number of carbonyl (C=O) groups excluding carboxylic acids is 1. The summed E-state index contributed by atoms with van der Waals surface area (Å²) in [7, 11) is 1.91. The number of ketones is 1. The van der Waals surface area contributed by atoms with E-state index in [0.717, 1.165) is 22.3 Å². The Kier molecular flexibility index (Phi) is 2.99. The zero-order valence-electron chi connectivity index (χ0n) is 11.4. The number of benzene rings is 1. The van der Waals surface area contributed by atoms with Gasteiger partial charge in [-0.05, 0) is 31.2 Å². The van der Waals surface area contributed by atoms with Crippen LogP contribution >= 0.6 is 0 Å². The lowest BCUT2D eigenvalue weighted by molar-refractivity contribution is 0.104. The Morgan fingerprint density at radius 2 is 2.15 bits per heavy atom. The fourth-order valence-corrected chi connectivity index (χ4v) is 2.30. The van der Waals surface area contributed by atoms with Crippen molar-refractivity contribution in [1.82, 2.24) is 14.5 Å². The van der Waals surface area contributed by atoms with Gasteiger partial charge in [-0.1, -0.05) is 18.2 Å². The predicted octanol–water partition coefficient (Wildman–Crippen LogP) is 3.11. The van der Waals surface area contributed by atoms with E-state index < -0.39 is 0 Å². The number of hydrogen-bond acceptors (Lipinski definition) is 2. The highest BCUT2D eigenvalue weighted by atomic mass is 16.1. The van der Waals surface area contributed by atoms with Gasteiger partial charge in [0.15, 0.2) is 0 Å². The van der Waals surface area contributed by atoms with Gasteiger partial charge in [0.1, 0.15) is 0 Å². The minimum absolute atomic E-state index is 0.0221. The van der Waals surface area contributed by atoms with Crippen LogP contribution in [0.25, 0.3) is 17.0 Å². The normalized spacial score (nSPS) is 11.5. The van der Waals surface area contributed by atoms with Gasteiger partial charge in [0.05, 0.1) is 17.7 Å². The third-order valence-corrected chi connectivity index (χ3v) is 3.47. The topological polar surface area (TPSA) is 50.7 Å². The molecule has 100 valence electrons. The van der Waals surface area contributed by atoms with Gasteiger partial charge >= 0.3 is 0 Å². The zero-order valence-corrected chi connectivity index (χ0v) is 11.4. The monoisotopic (exact) mass is 265 g/mol. The maximum atomic E-state index is 12.3. The first-order valence-electron chi connectivity index (χ1n) is 6.43. The number of para-hydroxylation sites is 1. The summed E-state index contributed by atoms with van der Waals surface area (Å²) < 4.78 is 1.92. The molecule has 20 heavy (non-hydrogen) atoms. The molecule has 4 nitrogen and oxygen atoms in total. The zero-order chi connectivity index (χ0) is 14.1. The van der Waals surface area contributed by atoms with Crippen LogP contribution in [-0.4, -0.2) is 20.3 Å². The summed E-state index contributed by atoms with van der Waals surface area (Å²) >= 11 is 0. The number of fused-ring (bicyclic) bond motifs is 1. The van der Waals surface area contributed by atoms with Crippen LogP contribution in [0.5, 0.6) is 0 Å². The van der Waals surface area contributed by atoms with Gasteiger partial charge in [-0.2, -0.15) is 0 Å². The lowest BCUT2D eigenvalue weighted by Crippen LogP contribution is -2.02. The maximum absolute atomic E-state index is 12.3. The number of nitrogens with zero attached hydrogens (tertiary/aromatic N) is 2. The number of hydrogen-bond donors (Lipinski definition) is 1. The Hall–Kier alpha value is -2.62. The van der Waals surface area contributed by atoms with E-state index in [4.69, 9.17) is 0 Å². The first kappa shape index (κ1) is 12.4. The number of imidazole rings is 1. The number of aryl methyl sites for hydroxylation is 2. The molecule has 1 aromatic carbocycles. The van der Waals surface area contributed by atoms with Gasteiger partial charge in [-0.25, -0.2) is 4.98 Å². The Labute approximate surface area is 116 Å². The van der Waals surface area contributed by atoms with E-state index in [2.05, 4.69) is 9.97 Å². The van der Waals surface area contributed by atoms with Crippen molar-refractivity contribution in [3.63, 3.8) is 0 Å². The molecule has 0 bridgehead atoms. The van der Waals surface area contributed by atoms with E-state index in [1.54, 1.807) is 18.5 Å². The molecule has 3 aromatic rings. The van der Waals surface area contributed by atoms with Crippen molar-refractivity contribution in [2.75, 3.05) is 0 Å². The third kappa shape index (κ3) is 2.05. The van der Waals surface area contributed by atoms with Gasteiger partial charge in [0.2, 0.25) is 5.78 Å². The minimum Gasteiger partial charge on any atom is -0.348 e. The predicted molar refractivity (Wildman–Crippen MR) is 79.6 cm³/mol. The quantitative estimate of drug-likeness (QED) is 0.584. The number of aromatic amines is 1. The minimum atomic E-state index is -0.0221. The smallest absolute Gasteiger partial charge is 0.202 e. The third-order valence-electron chi connectivity index (χ3n) is 3.47. The SMILES string of the molecule is Cc1[nH]cnc1C=CC(=O)c1cc2ccccc2n1C. The highest BCUT2D eigenvalue weighted by Crippen LogP contribution is 2.19. The first-order valence-corrected chi connectivity index (χ1v) is 6.43. The van der Waals surface area contributed by atoms with Crippen molar-refractivity contribution in [3.8, 4) is 0 Å². The lowest BCUT2D eigenvalue weighted by atomic mass is 10.2. The van der Waals surface area contributed by atoms with Crippen LogP contribution in [0, 0.1) is 6.92 Å². The number of carbonyl (C=O) groups is 1. The molecule has 0 saturated heterocycles. The summed E-state index contributed by atoms with van der Waals surface area (Å²) in [5.41, 5.74) is 3.47. The van der Waals surface area contributed by atoms with Gasteiger partial charge < -0.3 is 9.55 Å². The van der Waals surface area contributed by atoms with Gasteiger partial charge in [-0.3, -0.25) is 4.79 Å². The van der Waals surface area contributed by atoms with E-state index in [1.807, 2.05) is 48.9 Å². The van der Waals surface area contributed by atoms with Crippen LogP contribution in [0.4, 0.5) is 0 Å². The van der Waals surface area contributed by atoms with E-state index in [1.165, 1.54) is 0 Å². The molecule has 4 heteroatoms. The summed E-state index contributed by atoms with van der Waals surface area (Å²) in [6, 6.07) is 9.87. The van der Waals surface area contributed by atoms with Crippen molar-refractivity contribution in [3.05, 3.63) is 59.8 Å². The van der Waals surface area contributed by atoms with Crippen LogP contribution in [0.1, 0.15) is 21.9 Å². The van der Waals surface area contributed by atoms with Crippen molar-refractivity contribution in [2.24, 2.45) is 7.05 Å². The van der Waals surface area contributed by atoms with Crippen molar-refractivity contribution < 1.29 is 4.79 Å². The van der Waals surface area contributed by atoms with Gasteiger partial charge in [0.25, 0.3) is 0 Å². The largest absolute Gasteiger partial charge is 0.348 e. The van der Waals surface area contributed by atoms with E-state index in [-0.39, 0.29) is 5.78 Å². The van der Waals surface area contributed by atoms with Crippen molar-refractivity contribution >= 4 is 22.8 Å². The summed E-state index contributed by atoms with van der Waals surface area (Å²) in [6.07, 6.45) is 4.93. The van der Waals surface area contributed by atoms with E-state index in [0.29, 0.717) is 5.69 Å². The second-order valence-corrected chi connectivity index (χ2v) is 4.76. The van der Waals surface area contributed by atoms with Crippen LogP contribution in [0.2, 0.25) is 0 Å². The Morgan fingerprint density at radius 1 is 1.35 bits per heavy atom. The molecular weight excluding hydrogens is 250 g/mol. The van der Waals surface area contributed by atoms with Crippen LogP contribution < -0.4 is 0 Å². The molecule has 0 aliphatic carbocycles. The van der Waals surface area contributed by atoms with Crippen LogP contribution in [-0.2, 0) is 7.05 Å². The Morgan fingerprint density at radius 3 is 2.85 bits per heavy atom. The molecule has 0 radical (unpaired) electrons. The van der Waals surface area contributed by atoms with Crippen LogP contribution in [0.3, 0.4) is 0 Å². The fraction of sp³-hybridized carbons (Fsp3) is 0.125.